The summed E-state index contributed by atoms with van der Waals surface area (Å²) in [5, 5.41) is 8.40. The number of nitrogens with one attached hydrogen (secondary N) is 3. The van der Waals surface area contributed by atoms with Crippen LogP contribution in [0.15, 0.2) is 54.6 Å². The lowest BCUT2D eigenvalue weighted by atomic mass is 10.2. The van der Waals surface area contributed by atoms with Gasteiger partial charge in [0, 0.05) is 30.5 Å². The fraction of sp³-hybridized carbons (Fsp3) is 0.167. The van der Waals surface area contributed by atoms with E-state index in [-0.39, 0.29) is 16.9 Å². The van der Waals surface area contributed by atoms with E-state index < -0.39 is 0 Å². The molecule has 25 heavy (non-hydrogen) atoms. The molecule has 2 aromatic rings. The number of methoxy groups -OCH3 is 1. The van der Waals surface area contributed by atoms with Crippen molar-refractivity contribution >= 4 is 34.8 Å². The number of amides is 2. The van der Waals surface area contributed by atoms with E-state index in [1.165, 1.54) is 0 Å². The molecule has 0 bridgehead atoms. The molecule has 0 atom stereocenters. The van der Waals surface area contributed by atoms with Crippen LogP contribution in [-0.2, 0) is 4.74 Å². The van der Waals surface area contributed by atoms with Gasteiger partial charge >= 0.3 is 0 Å². The lowest BCUT2D eigenvalue weighted by molar-refractivity contribution is 0.0935. The normalized spacial score (nSPS) is 9.96. The van der Waals surface area contributed by atoms with Gasteiger partial charge in [0.15, 0.2) is 5.11 Å². The standard InChI is InChI=1S/C18H19N3O3S/c1-24-11-10-19-16(22)14-8-5-9-15(12-14)20-18(25)21-17(23)13-6-3-2-4-7-13/h2-9,12H,10-11H2,1H3,(H,19,22)(H2,20,21,23,25). The summed E-state index contributed by atoms with van der Waals surface area (Å²) in [6, 6.07) is 15.6. The quantitative estimate of drug-likeness (QED) is 0.546. The maximum atomic E-state index is 12.1. The molecule has 6 nitrogen and oxygen atoms in total. The number of carbonyl (C=O) groups is 2. The molecule has 0 heterocycles. The molecular formula is C18H19N3O3S. The highest BCUT2D eigenvalue weighted by Gasteiger charge is 2.09. The molecule has 0 saturated carbocycles. The minimum absolute atomic E-state index is 0.158. The molecule has 2 amide bonds. The van der Waals surface area contributed by atoms with Crippen molar-refractivity contribution in [2.75, 3.05) is 25.6 Å². The molecule has 3 N–H and O–H groups in total. The van der Waals surface area contributed by atoms with E-state index in [4.69, 9.17) is 17.0 Å². The minimum atomic E-state index is -0.299. The minimum Gasteiger partial charge on any atom is -0.383 e. The molecule has 0 unspecified atom stereocenters. The molecule has 0 radical (unpaired) electrons. The number of thiocarbonyl (C=S) groups is 1. The van der Waals surface area contributed by atoms with Crippen LogP contribution >= 0.6 is 12.2 Å². The number of rotatable bonds is 6. The van der Waals surface area contributed by atoms with Gasteiger partial charge in [-0.2, -0.15) is 0 Å². The number of carbonyl (C=O) groups excluding carboxylic acids is 2. The van der Waals surface area contributed by atoms with Crippen LogP contribution in [-0.4, -0.2) is 37.2 Å². The Morgan fingerprint density at radius 3 is 2.44 bits per heavy atom. The Bertz CT molecular complexity index is 750. The highest BCUT2D eigenvalue weighted by molar-refractivity contribution is 7.80. The highest BCUT2D eigenvalue weighted by Crippen LogP contribution is 2.10. The Hall–Kier alpha value is -2.77. The summed E-state index contributed by atoms with van der Waals surface area (Å²) in [4.78, 5) is 24.1. The summed E-state index contributed by atoms with van der Waals surface area (Å²) in [5.41, 5.74) is 1.61. The zero-order valence-electron chi connectivity index (χ0n) is 13.7. The van der Waals surface area contributed by atoms with Crippen molar-refractivity contribution in [2.24, 2.45) is 0 Å². The van der Waals surface area contributed by atoms with Gasteiger partial charge in [0.1, 0.15) is 0 Å². The van der Waals surface area contributed by atoms with E-state index in [1.807, 2.05) is 6.07 Å². The van der Waals surface area contributed by atoms with Gasteiger partial charge < -0.3 is 15.4 Å². The fourth-order valence-corrected chi connectivity index (χ4v) is 2.24. The smallest absolute Gasteiger partial charge is 0.257 e. The van der Waals surface area contributed by atoms with Crippen LogP contribution in [0.3, 0.4) is 0 Å². The maximum absolute atomic E-state index is 12.1. The monoisotopic (exact) mass is 357 g/mol. The number of hydrogen-bond donors (Lipinski definition) is 3. The molecular weight excluding hydrogens is 338 g/mol. The van der Waals surface area contributed by atoms with E-state index >= 15 is 0 Å². The molecule has 0 aromatic heterocycles. The maximum Gasteiger partial charge on any atom is 0.257 e. The summed E-state index contributed by atoms with van der Waals surface area (Å²) in [6.07, 6.45) is 0. The zero-order valence-corrected chi connectivity index (χ0v) is 14.6. The summed E-state index contributed by atoms with van der Waals surface area (Å²) in [6.45, 7) is 0.873. The van der Waals surface area contributed by atoms with Gasteiger partial charge in [0.05, 0.1) is 6.61 Å². The third-order valence-corrected chi connectivity index (χ3v) is 3.44. The third kappa shape index (κ3) is 5.98. The summed E-state index contributed by atoms with van der Waals surface area (Å²) in [7, 11) is 1.57. The van der Waals surface area contributed by atoms with Crippen LogP contribution in [0, 0.1) is 0 Å². The topological polar surface area (TPSA) is 79.5 Å². The average molecular weight is 357 g/mol. The average Bonchev–Trinajstić information content (AvgIpc) is 2.62. The van der Waals surface area contributed by atoms with Crippen LogP contribution < -0.4 is 16.0 Å². The van der Waals surface area contributed by atoms with Crippen LogP contribution in [0.4, 0.5) is 5.69 Å². The lowest BCUT2D eigenvalue weighted by Gasteiger charge is -2.11. The van der Waals surface area contributed by atoms with Gasteiger partial charge in [-0.1, -0.05) is 24.3 Å². The molecule has 0 spiro atoms. The largest absolute Gasteiger partial charge is 0.383 e. The van der Waals surface area contributed by atoms with Gasteiger partial charge in [-0.05, 0) is 42.5 Å². The van der Waals surface area contributed by atoms with Crippen molar-refractivity contribution in [3.8, 4) is 0 Å². The van der Waals surface area contributed by atoms with Crippen molar-refractivity contribution in [1.29, 1.82) is 0 Å². The lowest BCUT2D eigenvalue weighted by Crippen LogP contribution is -2.34. The first kappa shape index (κ1) is 18.6. The van der Waals surface area contributed by atoms with E-state index in [0.717, 1.165) is 0 Å². The molecule has 0 fully saturated rings. The Labute approximate surface area is 151 Å². The van der Waals surface area contributed by atoms with E-state index in [2.05, 4.69) is 16.0 Å². The number of ether oxygens (including phenoxy) is 1. The Kier molecular flexibility index (Phi) is 7.06. The third-order valence-electron chi connectivity index (χ3n) is 3.24. The second-order valence-corrected chi connectivity index (χ2v) is 5.51. The number of anilines is 1. The molecule has 0 aliphatic heterocycles. The Balaban J connectivity index is 1.93. The van der Waals surface area contributed by atoms with Crippen molar-refractivity contribution in [2.45, 2.75) is 0 Å². The second kappa shape index (κ2) is 9.51. The van der Waals surface area contributed by atoms with Gasteiger partial charge in [-0.3, -0.25) is 14.9 Å². The van der Waals surface area contributed by atoms with Crippen molar-refractivity contribution in [1.82, 2.24) is 10.6 Å². The molecule has 0 aliphatic carbocycles. The van der Waals surface area contributed by atoms with Crippen molar-refractivity contribution in [3.63, 3.8) is 0 Å². The molecule has 7 heteroatoms. The second-order valence-electron chi connectivity index (χ2n) is 5.10. The predicted molar refractivity (Wildman–Crippen MR) is 101 cm³/mol. The van der Waals surface area contributed by atoms with Crippen LogP contribution in [0.25, 0.3) is 0 Å². The number of hydrogen-bond acceptors (Lipinski definition) is 4. The van der Waals surface area contributed by atoms with Gasteiger partial charge in [0.25, 0.3) is 11.8 Å². The van der Waals surface area contributed by atoms with Crippen molar-refractivity contribution in [3.05, 3.63) is 65.7 Å². The Morgan fingerprint density at radius 2 is 1.72 bits per heavy atom. The number of benzene rings is 2. The van der Waals surface area contributed by atoms with Crippen LogP contribution in [0.1, 0.15) is 20.7 Å². The van der Waals surface area contributed by atoms with Crippen molar-refractivity contribution < 1.29 is 14.3 Å². The van der Waals surface area contributed by atoms with E-state index in [1.54, 1.807) is 55.6 Å². The summed E-state index contributed by atoms with van der Waals surface area (Å²) >= 11 is 5.15. The first-order valence-electron chi connectivity index (χ1n) is 7.64. The predicted octanol–water partition coefficient (Wildman–Crippen LogP) is 2.19. The molecule has 0 aliphatic rings. The molecule has 2 aromatic carbocycles. The molecule has 0 saturated heterocycles. The van der Waals surface area contributed by atoms with E-state index in [9.17, 15) is 9.59 Å². The first-order valence-corrected chi connectivity index (χ1v) is 8.05. The van der Waals surface area contributed by atoms with Crippen LogP contribution in [0.5, 0.6) is 0 Å². The molecule has 2 rings (SSSR count). The van der Waals surface area contributed by atoms with E-state index in [0.29, 0.717) is 30.0 Å². The Morgan fingerprint density at radius 1 is 1.00 bits per heavy atom. The summed E-state index contributed by atoms with van der Waals surface area (Å²) < 4.78 is 4.89. The highest BCUT2D eigenvalue weighted by atomic mass is 32.1. The SMILES string of the molecule is COCCNC(=O)c1cccc(NC(=S)NC(=O)c2ccccc2)c1. The van der Waals surface area contributed by atoms with Gasteiger partial charge in [0.2, 0.25) is 0 Å². The summed E-state index contributed by atoms with van der Waals surface area (Å²) in [5.74, 6) is -0.508. The first-order chi connectivity index (χ1) is 12.1. The van der Waals surface area contributed by atoms with Gasteiger partial charge in [-0.15, -0.1) is 0 Å². The van der Waals surface area contributed by atoms with Crippen LogP contribution in [0.2, 0.25) is 0 Å². The molecule has 130 valence electrons. The fourth-order valence-electron chi connectivity index (χ4n) is 2.03. The van der Waals surface area contributed by atoms with Gasteiger partial charge in [-0.25, -0.2) is 0 Å². The zero-order chi connectivity index (χ0) is 18.1.